The van der Waals surface area contributed by atoms with E-state index in [9.17, 15) is 4.79 Å². The van der Waals surface area contributed by atoms with Gasteiger partial charge in [0.15, 0.2) is 5.82 Å². The molecule has 0 aliphatic carbocycles. The molecule has 6 heteroatoms. The lowest BCUT2D eigenvalue weighted by atomic mass is 10.1. The molecule has 0 aliphatic rings. The molecule has 1 amide bonds. The third-order valence-electron chi connectivity index (χ3n) is 3.62. The zero-order chi connectivity index (χ0) is 17.6. The van der Waals surface area contributed by atoms with Crippen LogP contribution in [0.4, 0.5) is 5.82 Å². The summed E-state index contributed by atoms with van der Waals surface area (Å²) in [5.74, 6) is 1.03. The Bertz CT molecular complexity index is 923. The molecule has 6 nitrogen and oxygen atoms in total. The van der Waals surface area contributed by atoms with Crippen LogP contribution < -0.4 is 10.1 Å². The highest BCUT2D eigenvalue weighted by molar-refractivity contribution is 5.91. The van der Waals surface area contributed by atoms with Gasteiger partial charge in [0.1, 0.15) is 5.75 Å². The van der Waals surface area contributed by atoms with Crippen LogP contribution in [0.2, 0.25) is 0 Å². The largest absolute Gasteiger partial charge is 0.497 e. The van der Waals surface area contributed by atoms with Gasteiger partial charge in [0.2, 0.25) is 5.91 Å². The first-order valence-electron chi connectivity index (χ1n) is 7.67. The Morgan fingerprint density at radius 3 is 2.76 bits per heavy atom. The number of carbonyl (C=O) groups is 1. The van der Waals surface area contributed by atoms with Gasteiger partial charge in [0, 0.05) is 12.3 Å². The van der Waals surface area contributed by atoms with E-state index in [2.05, 4.69) is 16.5 Å². The molecule has 1 heterocycles. The van der Waals surface area contributed by atoms with Crippen molar-refractivity contribution in [1.29, 1.82) is 5.26 Å². The molecule has 0 atom stereocenters. The first kappa shape index (κ1) is 16.3. The van der Waals surface area contributed by atoms with Crippen LogP contribution in [0.5, 0.6) is 5.75 Å². The molecule has 25 heavy (non-hydrogen) atoms. The molecule has 1 aromatic heterocycles. The first-order valence-corrected chi connectivity index (χ1v) is 7.67. The van der Waals surface area contributed by atoms with Crippen molar-refractivity contribution in [3.8, 4) is 17.5 Å². The van der Waals surface area contributed by atoms with Gasteiger partial charge < -0.3 is 10.1 Å². The van der Waals surface area contributed by atoms with Gasteiger partial charge in [-0.15, -0.1) is 0 Å². The van der Waals surface area contributed by atoms with E-state index in [4.69, 9.17) is 10.00 Å². The summed E-state index contributed by atoms with van der Waals surface area (Å²) >= 11 is 0. The Morgan fingerprint density at radius 1 is 1.24 bits per heavy atom. The molecule has 0 fully saturated rings. The molecule has 1 N–H and O–H groups in total. The van der Waals surface area contributed by atoms with Crippen molar-refractivity contribution in [2.45, 2.75) is 6.42 Å². The second-order valence-electron chi connectivity index (χ2n) is 5.38. The second kappa shape index (κ2) is 7.32. The molecule has 0 aliphatic heterocycles. The number of nitrogens with one attached hydrogen (secondary N) is 1. The molecule has 0 bridgehead atoms. The van der Waals surface area contributed by atoms with Crippen molar-refractivity contribution in [3.63, 3.8) is 0 Å². The number of hydrogen-bond acceptors (Lipinski definition) is 4. The third-order valence-corrected chi connectivity index (χ3v) is 3.62. The van der Waals surface area contributed by atoms with Crippen molar-refractivity contribution in [2.24, 2.45) is 0 Å². The SMILES string of the molecule is COc1cccc(CC(=O)Nc2ccn(-c3ccc(C#N)cc3)n2)c1. The summed E-state index contributed by atoms with van der Waals surface area (Å²) in [5, 5.41) is 15.9. The number of anilines is 1. The zero-order valence-corrected chi connectivity index (χ0v) is 13.6. The minimum absolute atomic E-state index is 0.154. The van der Waals surface area contributed by atoms with E-state index in [1.807, 2.05) is 24.3 Å². The van der Waals surface area contributed by atoms with Crippen molar-refractivity contribution >= 4 is 11.7 Å². The minimum Gasteiger partial charge on any atom is -0.497 e. The fourth-order valence-corrected chi connectivity index (χ4v) is 2.38. The summed E-state index contributed by atoms with van der Waals surface area (Å²) in [4.78, 5) is 12.2. The normalized spacial score (nSPS) is 10.1. The van der Waals surface area contributed by atoms with Crippen LogP contribution in [0.15, 0.2) is 60.8 Å². The number of aromatic nitrogens is 2. The summed E-state index contributed by atoms with van der Waals surface area (Å²) in [6.45, 7) is 0. The molecule has 124 valence electrons. The maximum atomic E-state index is 12.2. The molecule has 3 rings (SSSR count). The number of hydrogen-bond donors (Lipinski definition) is 1. The van der Waals surface area contributed by atoms with E-state index < -0.39 is 0 Å². The second-order valence-corrected chi connectivity index (χ2v) is 5.38. The van der Waals surface area contributed by atoms with Gasteiger partial charge in [0.05, 0.1) is 30.9 Å². The molecule has 0 spiro atoms. The average molecular weight is 332 g/mol. The number of benzene rings is 2. The Hall–Kier alpha value is -3.59. The van der Waals surface area contributed by atoms with Crippen molar-refractivity contribution in [2.75, 3.05) is 12.4 Å². The minimum atomic E-state index is -0.154. The summed E-state index contributed by atoms with van der Waals surface area (Å²) in [6, 6.07) is 18.2. The summed E-state index contributed by atoms with van der Waals surface area (Å²) in [6.07, 6.45) is 1.99. The van der Waals surface area contributed by atoms with Gasteiger partial charge in [-0.3, -0.25) is 4.79 Å². The number of amides is 1. The Balaban J connectivity index is 1.66. The lowest BCUT2D eigenvalue weighted by Gasteiger charge is -2.05. The Kier molecular flexibility index (Phi) is 4.77. The standard InChI is InChI=1S/C19H16N4O2/c1-25-17-4-2-3-15(11-17)12-19(24)21-18-9-10-23(22-18)16-7-5-14(13-20)6-8-16/h2-11H,12H2,1H3,(H,21,22,24). The fourth-order valence-electron chi connectivity index (χ4n) is 2.38. The number of nitriles is 1. The highest BCUT2D eigenvalue weighted by atomic mass is 16.5. The van der Waals surface area contributed by atoms with Crippen LogP contribution >= 0.6 is 0 Å². The smallest absolute Gasteiger partial charge is 0.229 e. The van der Waals surface area contributed by atoms with E-state index in [0.29, 0.717) is 11.4 Å². The molecule has 3 aromatic rings. The molecule has 0 saturated heterocycles. The van der Waals surface area contributed by atoms with Crippen LogP contribution in [0.3, 0.4) is 0 Å². The van der Waals surface area contributed by atoms with Crippen LogP contribution in [-0.2, 0) is 11.2 Å². The molecular weight excluding hydrogens is 316 g/mol. The number of ether oxygens (including phenoxy) is 1. The van der Waals surface area contributed by atoms with Crippen LogP contribution in [0.25, 0.3) is 5.69 Å². The highest BCUT2D eigenvalue weighted by Gasteiger charge is 2.08. The monoisotopic (exact) mass is 332 g/mol. The van der Waals surface area contributed by atoms with Crippen molar-refractivity contribution in [1.82, 2.24) is 9.78 Å². The predicted octanol–water partition coefficient (Wildman–Crippen LogP) is 2.93. The van der Waals surface area contributed by atoms with E-state index in [-0.39, 0.29) is 12.3 Å². The maximum absolute atomic E-state index is 12.2. The van der Waals surface area contributed by atoms with E-state index in [1.54, 1.807) is 48.3 Å². The van der Waals surface area contributed by atoms with Gasteiger partial charge >= 0.3 is 0 Å². The topological polar surface area (TPSA) is 79.9 Å². The quantitative estimate of drug-likeness (QED) is 0.779. The Labute approximate surface area is 145 Å². The molecule has 0 radical (unpaired) electrons. The third kappa shape index (κ3) is 4.03. The van der Waals surface area contributed by atoms with Gasteiger partial charge in [-0.05, 0) is 42.0 Å². The number of methoxy groups -OCH3 is 1. The first-order chi connectivity index (χ1) is 12.2. The Morgan fingerprint density at radius 2 is 2.04 bits per heavy atom. The van der Waals surface area contributed by atoms with Gasteiger partial charge in [0.25, 0.3) is 0 Å². The fraction of sp³-hybridized carbons (Fsp3) is 0.105. The van der Waals surface area contributed by atoms with Gasteiger partial charge in [-0.1, -0.05) is 12.1 Å². The van der Waals surface area contributed by atoms with E-state index in [0.717, 1.165) is 17.0 Å². The number of nitrogens with zero attached hydrogens (tertiary/aromatic N) is 3. The molecule has 0 unspecified atom stereocenters. The van der Waals surface area contributed by atoms with Gasteiger partial charge in [-0.25, -0.2) is 4.68 Å². The highest BCUT2D eigenvalue weighted by Crippen LogP contribution is 2.14. The van der Waals surface area contributed by atoms with Crippen LogP contribution in [-0.4, -0.2) is 22.8 Å². The lowest BCUT2D eigenvalue weighted by Crippen LogP contribution is -2.15. The summed E-state index contributed by atoms with van der Waals surface area (Å²) in [7, 11) is 1.59. The van der Waals surface area contributed by atoms with E-state index >= 15 is 0 Å². The van der Waals surface area contributed by atoms with Crippen molar-refractivity contribution < 1.29 is 9.53 Å². The molecule has 0 saturated carbocycles. The van der Waals surface area contributed by atoms with Crippen LogP contribution in [0, 0.1) is 11.3 Å². The zero-order valence-electron chi connectivity index (χ0n) is 13.6. The summed E-state index contributed by atoms with van der Waals surface area (Å²) < 4.78 is 6.80. The average Bonchev–Trinajstić information content (AvgIpc) is 3.10. The summed E-state index contributed by atoms with van der Waals surface area (Å²) in [5.41, 5.74) is 2.26. The molecular formula is C19H16N4O2. The van der Waals surface area contributed by atoms with E-state index in [1.165, 1.54) is 0 Å². The van der Waals surface area contributed by atoms with Gasteiger partial charge in [-0.2, -0.15) is 10.4 Å². The van der Waals surface area contributed by atoms with Crippen molar-refractivity contribution in [3.05, 3.63) is 71.9 Å². The molecule has 2 aromatic carbocycles. The van der Waals surface area contributed by atoms with Crippen LogP contribution in [0.1, 0.15) is 11.1 Å². The number of carbonyl (C=O) groups excluding carboxylic acids is 1. The number of rotatable bonds is 5. The maximum Gasteiger partial charge on any atom is 0.229 e. The lowest BCUT2D eigenvalue weighted by molar-refractivity contribution is -0.115. The predicted molar refractivity (Wildman–Crippen MR) is 93.6 cm³/mol.